The van der Waals surface area contributed by atoms with Gasteiger partial charge in [0.2, 0.25) is 6.79 Å². The summed E-state index contributed by atoms with van der Waals surface area (Å²) < 4.78 is 10.7. The molecule has 0 saturated carbocycles. The maximum absolute atomic E-state index is 12.5. The van der Waals surface area contributed by atoms with E-state index in [0.29, 0.717) is 32.8 Å². The van der Waals surface area contributed by atoms with Gasteiger partial charge in [0.1, 0.15) is 0 Å². The number of aryl methyl sites for hydroxylation is 2. The summed E-state index contributed by atoms with van der Waals surface area (Å²) in [5, 5.41) is 1.24. The van der Waals surface area contributed by atoms with Crippen LogP contribution in [0.2, 0.25) is 0 Å². The Hall–Kier alpha value is -2.74. The minimum absolute atomic E-state index is 0.172. The summed E-state index contributed by atoms with van der Waals surface area (Å²) in [7, 11) is 0. The van der Waals surface area contributed by atoms with E-state index in [0.717, 1.165) is 22.7 Å². The van der Waals surface area contributed by atoms with Gasteiger partial charge < -0.3 is 19.4 Å². The molecule has 0 atom stereocenters. The minimum atomic E-state index is -0.247. The molecule has 7 nitrogen and oxygen atoms in total. The van der Waals surface area contributed by atoms with Gasteiger partial charge >= 0.3 is 0 Å². The van der Waals surface area contributed by atoms with Crippen LogP contribution in [0.1, 0.15) is 11.3 Å². The van der Waals surface area contributed by atoms with Crippen molar-refractivity contribution in [1.82, 2.24) is 15.0 Å². The quantitative estimate of drug-likeness (QED) is 0.692. The standard InChI is InChI=1S/C16H13N3O4S/c1-7-3-13(20)19-16(17-7)24-14-8(2)9-4-11-12(23-6-22-11)5-10(9)18-15(14)21/h3-5H,6H2,1-2H3,(H,18,21)(H,17,19,20). The van der Waals surface area contributed by atoms with Gasteiger partial charge in [0.15, 0.2) is 16.7 Å². The summed E-state index contributed by atoms with van der Waals surface area (Å²) in [5.41, 5.74) is 1.58. The zero-order chi connectivity index (χ0) is 16.8. The van der Waals surface area contributed by atoms with Gasteiger partial charge in [-0.05, 0) is 37.2 Å². The number of nitrogens with zero attached hydrogens (tertiary/aromatic N) is 1. The first-order valence-electron chi connectivity index (χ1n) is 7.23. The Kier molecular flexibility index (Phi) is 3.34. The molecule has 0 saturated heterocycles. The molecule has 1 aliphatic rings. The Morgan fingerprint density at radius 2 is 1.83 bits per heavy atom. The number of rotatable bonds is 2. The number of ether oxygens (including phenoxy) is 2. The van der Waals surface area contributed by atoms with Crippen molar-refractivity contribution in [2.75, 3.05) is 6.79 Å². The second-order valence-corrected chi connectivity index (χ2v) is 6.45. The van der Waals surface area contributed by atoms with E-state index in [4.69, 9.17) is 9.47 Å². The lowest BCUT2D eigenvalue weighted by atomic mass is 10.1. The first-order chi connectivity index (χ1) is 11.5. The fourth-order valence-electron chi connectivity index (χ4n) is 2.65. The summed E-state index contributed by atoms with van der Waals surface area (Å²) >= 11 is 1.13. The number of aromatic nitrogens is 3. The molecular weight excluding hydrogens is 330 g/mol. The molecule has 0 amide bonds. The molecule has 24 heavy (non-hydrogen) atoms. The lowest BCUT2D eigenvalue weighted by molar-refractivity contribution is 0.174. The molecule has 1 aromatic carbocycles. The third-order valence-corrected chi connectivity index (χ3v) is 4.84. The molecule has 0 fully saturated rings. The van der Waals surface area contributed by atoms with Crippen LogP contribution in [0, 0.1) is 13.8 Å². The van der Waals surface area contributed by atoms with Crippen LogP contribution in [0.4, 0.5) is 0 Å². The smallest absolute Gasteiger partial charge is 0.262 e. The summed E-state index contributed by atoms with van der Waals surface area (Å²) in [4.78, 5) is 34.3. The molecular formula is C16H13N3O4S. The predicted molar refractivity (Wildman–Crippen MR) is 89.1 cm³/mol. The Morgan fingerprint density at radius 3 is 2.58 bits per heavy atom. The van der Waals surface area contributed by atoms with Crippen molar-refractivity contribution in [3.63, 3.8) is 0 Å². The molecule has 8 heteroatoms. The van der Waals surface area contributed by atoms with Gasteiger partial charge in [0.05, 0.1) is 10.4 Å². The number of hydrogen-bond acceptors (Lipinski definition) is 6. The number of H-pyrrole nitrogens is 2. The largest absolute Gasteiger partial charge is 0.454 e. The van der Waals surface area contributed by atoms with Gasteiger partial charge in [-0.3, -0.25) is 9.59 Å². The molecule has 0 spiro atoms. The maximum atomic E-state index is 12.5. The van der Waals surface area contributed by atoms with E-state index in [1.54, 1.807) is 13.0 Å². The predicted octanol–water partition coefficient (Wildman–Crippen LogP) is 2.11. The highest BCUT2D eigenvalue weighted by Crippen LogP contribution is 2.37. The number of nitrogens with one attached hydrogen (secondary N) is 2. The van der Waals surface area contributed by atoms with Crippen LogP contribution in [-0.2, 0) is 0 Å². The number of pyridine rings is 1. The number of benzene rings is 1. The third-order valence-electron chi connectivity index (χ3n) is 3.76. The van der Waals surface area contributed by atoms with Gasteiger partial charge in [-0.2, -0.15) is 0 Å². The highest BCUT2D eigenvalue weighted by molar-refractivity contribution is 7.99. The van der Waals surface area contributed by atoms with Crippen LogP contribution in [0.3, 0.4) is 0 Å². The normalized spacial score (nSPS) is 12.8. The van der Waals surface area contributed by atoms with Crippen molar-refractivity contribution < 1.29 is 9.47 Å². The van der Waals surface area contributed by atoms with E-state index in [1.165, 1.54) is 6.07 Å². The first-order valence-corrected chi connectivity index (χ1v) is 8.05. The van der Waals surface area contributed by atoms with Gasteiger partial charge in [-0.15, -0.1) is 0 Å². The zero-order valence-corrected chi connectivity index (χ0v) is 13.7. The number of aromatic amines is 2. The highest BCUT2D eigenvalue weighted by Gasteiger charge is 2.18. The van der Waals surface area contributed by atoms with Gasteiger partial charge in [-0.1, -0.05) is 0 Å². The first kappa shape index (κ1) is 14.8. The van der Waals surface area contributed by atoms with E-state index >= 15 is 0 Å². The van der Waals surface area contributed by atoms with Crippen LogP contribution >= 0.6 is 11.8 Å². The molecule has 0 bridgehead atoms. The van der Waals surface area contributed by atoms with Crippen molar-refractivity contribution in [1.29, 1.82) is 0 Å². The van der Waals surface area contributed by atoms with Crippen molar-refractivity contribution in [2.45, 2.75) is 23.9 Å². The maximum Gasteiger partial charge on any atom is 0.262 e. The molecule has 0 radical (unpaired) electrons. The molecule has 0 aliphatic carbocycles. The molecule has 0 unspecified atom stereocenters. The SMILES string of the molecule is Cc1cc(=O)[nH]c(Sc2c(C)c3cc4c(cc3[nH]c2=O)OCO4)n1. The van der Waals surface area contributed by atoms with Crippen LogP contribution in [0.5, 0.6) is 11.5 Å². The fourth-order valence-corrected chi connectivity index (χ4v) is 3.59. The van der Waals surface area contributed by atoms with Crippen LogP contribution in [-0.4, -0.2) is 21.7 Å². The molecule has 2 aromatic heterocycles. The molecule has 3 aromatic rings. The summed E-state index contributed by atoms with van der Waals surface area (Å²) in [6.45, 7) is 3.76. The van der Waals surface area contributed by atoms with E-state index in [9.17, 15) is 9.59 Å². The second kappa shape index (κ2) is 5.41. The zero-order valence-electron chi connectivity index (χ0n) is 12.9. The average Bonchev–Trinajstić information content (AvgIpc) is 2.96. The Bertz CT molecular complexity index is 1090. The summed E-state index contributed by atoms with van der Waals surface area (Å²) in [5.74, 6) is 1.26. The number of hydrogen-bond donors (Lipinski definition) is 2. The monoisotopic (exact) mass is 343 g/mol. The summed E-state index contributed by atoms with van der Waals surface area (Å²) in [6, 6.07) is 5.01. The summed E-state index contributed by atoms with van der Waals surface area (Å²) in [6.07, 6.45) is 0. The van der Waals surface area contributed by atoms with Crippen LogP contribution in [0.15, 0.2) is 37.8 Å². The second-order valence-electron chi connectivity index (χ2n) is 5.45. The highest BCUT2D eigenvalue weighted by atomic mass is 32.2. The molecule has 2 N–H and O–H groups in total. The van der Waals surface area contributed by atoms with Crippen molar-refractivity contribution in [2.24, 2.45) is 0 Å². The Balaban J connectivity index is 1.87. The van der Waals surface area contributed by atoms with E-state index in [1.807, 2.05) is 13.0 Å². The topological polar surface area (TPSA) is 97.1 Å². The molecule has 122 valence electrons. The van der Waals surface area contributed by atoms with Crippen molar-refractivity contribution in [3.05, 3.63) is 50.2 Å². The Morgan fingerprint density at radius 1 is 1.08 bits per heavy atom. The van der Waals surface area contributed by atoms with Crippen molar-refractivity contribution >= 4 is 22.7 Å². The third kappa shape index (κ3) is 2.44. The molecule has 4 rings (SSSR count). The molecule has 1 aliphatic heterocycles. The van der Waals surface area contributed by atoms with E-state index < -0.39 is 0 Å². The van der Waals surface area contributed by atoms with E-state index in [-0.39, 0.29) is 17.9 Å². The minimum Gasteiger partial charge on any atom is -0.454 e. The van der Waals surface area contributed by atoms with E-state index in [2.05, 4.69) is 15.0 Å². The van der Waals surface area contributed by atoms with Crippen molar-refractivity contribution in [3.8, 4) is 11.5 Å². The lowest BCUT2D eigenvalue weighted by Gasteiger charge is -2.09. The number of fused-ring (bicyclic) bond motifs is 2. The van der Waals surface area contributed by atoms with Gasteiger partial charge in [0.25, 0.3) is 11.1 Å². The van der Waals surface area contributed by atoms with Crippen LogP contribution in [0.25, 0.3) is 10.9 Å². The lowest BCUT2D eigenvalue weighted by Crippen LogP contribution is -2.13. The van der Waals surface area contributed by atoms with Gasteiger partial charge in [0, 0.05) is 23.2 Å². The fraction of sp³-hybridized carbons (Fsp3) is 0.188. The molecule has 3 heterocycles. The van der Waals surface area contributed by atoms with Crippen LogP contribution < -0.4 is 20.6 Å². The Labute approximate surface area is 140 Å². The van der Waals surface area contributed by atoms with Gasteiger partial charge in [-0.25, -0.2) is 4.98 Å². The average molecular weight is 343 g/mol.